The summed E-state index contributed by atoms with van der Waals surface area (Å²) in [6, 6.07) is 12.4. The van der Waals surface area contributed by atoms with Crippen molar-refractivity contribution in [3.05, 3.63) is 59.0 Å². The summed E-state index contributed by atoms with van der Waals surface area (Å²) in [7, 11) is 1.79. The molecule has 1 heterocycles. The molecule has 3 rings (SSSR count). The summed E-state index contributed by atoms with van der Waals surface area (Å²) >= 11 is 6.05. The van der Waals surface area contributed by atoms with Gasteiger partial charge in [0, 0.05) is 37.0 Å². The van der Waals surface area contributed by atoms with Crippen LogP contribution in [0.15, 0.2) is 52.1 Å². The van der Waals surface area contributed by atoms with Crippen LogP contribution in [0.3, 0.4) is 0 Å². The topological polar surface area (TPSA) is 49.6 Å². The van der Waals surface area contributed by atoms with E-state index in [1.165, 1.54) is 5.56 Å². The zero-order chi connectivity index (χ0) is 15.4. The molecule has 1 aliphatic carbocycles. The first-order valence-electron chi connectivity index (χ1n) is 7.51. The summed E-state index contributed by atoms with van der Waals surface area (Å²) in [5.74, 6) is 2.33. The number of hydrogen-bond donors (Lipinski definition) is 2. The van der Waals surface area contributed by atoms with E-state index in [9.17, 15) is 0 Å². The van der Waals surface area contributed by atoms with Crippen molar-refractivity contribution in [1.29, 1.82) is 0 Å². The number of rotatable bonds is 5. The second-order valence-corrected chi connectivity index (χ2v) is 5.91. The van der Waals surface area contributed by atoms with E-state index in [0.717, 1.165) is 36.1 Å². The Bertz CT molecular complexity index is 645. The van der Waals surface area contributed by atoms with Gasteiger partial charge in [0.2, 0.25) is 0 Å². The molecular weight excluding hydrogens is 425 g/mol. The van der Waals surface area contributed by atoms with Crippen LogP contribution in [0, 0.1) is 0 Å². The molecule has 2 atom stereocenters. The minimum atomic E-state index is 0. The van der Waals surface area contributed by atoms with E-state index in [-0.39, 0.29) is 24.0 Å². The van der Waals surface area contributed by atoms with Gasteiger partial charge in [-0.2, -0.15) is 0 Å². The second-order valence-electron chi connectivity index (χ2n) is 5.48. The van der Waals surface area contributed by atoms with Gasteiger partial charge in [-0.1, -0.05) is 23.7 Å². The monoisotopic (exact) mass is 445 g/mol. The zero-order valence-corrected chi connectivity index (χ0v) is 16.0. The van der Waals surface area contributed by atoms with Gasteiger partial charge in [-0.25, -0.2) is 0 Å². The van der Waals surface area contributed by atoms with Gasteiger partial charge in [-0.3, -0.25) is 4.99 Å². The van der Waals surface area contributed by atoms with Crippen LogP contribution in [-0.4, -0.2) is 25.6 Å². The van der Waals surface area contributed by atoms with Crippen molar-refractivity contribution in [3.8, 4) is 0 Å². The van der Waals surface area contributed by atoms with Crippen LogP contribution in [-0.2, 0) is 6.42 Å². The Balaban J connectivity index is 0.00000192. The number of furan rings is 1. The van der Waals surface area contributed by atoms with Crippen molar-refractivity contribution >= 4 is 41.5 Å². The summed E-state index contributed by atoms with van der Waals surface area (Å²) in [6.07, 6.45) is 3.65. The minimum absolute atomic E-state index is 0. The lowest BCUT2D eigenvalue weighted by Gasteiger charge is -2.11. The molecule has 0 bridgehead atoms. The molecule has 0 aliphatic heterocycles. The van der Waals surface area contributed by atoms with Crippen molar-refractivity contribution in [2.24, 2.45) is 4.99 Å². The Hall–Kier alpha value is -1.21. The first-order chi connectivity index (χ1) is 10.8. The highest BCUT2D eigenvalue weighted by Gasteiger charge is 2.39. The molecule has 1 aliphatic rings. The highest BCUT2D eigenvalue weighted by Crippen LogP contribution is 2.41. The van der Waals surface area contributed by atoms with Crippen molar-refractivity contribution in [2.75, 3.05) is 13.6 Å². The average molecular weight is 446 g/mol. The Kier molecular flexibility index (Phi) is 6.77. The average Bonchev–Trinajstić information content (AvgIpc) is 3.09. The highest BCUT2D eigenvalue weighted by atomic mass is 127. The van der Waals surface area contributed by atoms with Crippen LogP contribution in [0.2, 0.25) is 5.02 Å². The van der Waals surface area contributed by atoms with Crippen LogP contribution in [0.5, 0.6) is 0 Å². The number of halogens is 2. The number of nitrogens with one attached hydrogen (secondary N) is 2. The predicted molar refractivity (Wildman–Crippen MR) is 105 cm³/mol. The molecule has 1 fully saturated rings. The molecule has 2 aromatic rings. The molecule has 0 radical (unpaired) electrons. The SMILES string of the molecule is CN=C(NCCc1ccco1)NC1CC1c1cccc(Cl)c1.I. The number of benzene rings is 1. The maximum absolute atomic E-state index is 6.05. The molecule has 6 heteroatoms. The van der Waals surface area contributed by atoms with Crippen LogP contribution in [0.1, 0.15) is 23.7 Å². The molecule has 0 spiro atoms. The van der Waals surface area contributed by atoms with Crippen LogP contribution >= 0.6 is 35.6 Å². The molecular formula is C17H21ClIN3O. The van der Waals surface area contributed by atoms with Crippen molar-refractivity contribution in [3.63, 3.8) is 0 Å². The lowest BCUT2D eigenvalue weighted by atomic mass is 10.1. The highest BCUT2D eigenvalue weighted by molar-refractivity contribution is 14.0. The van der Waals surface area contributed by atoms with Gasteiger partial charge in [0.15, 0.2) is 5.96 Å². The van der Waals surface area contributed by atoms with E-state index in [1.54, 1.807) is 13.3 Å². The first kappa shape index (κ1) is 18.1. The standard InChI is InChI=1S/C17H20ClN3O.HI/c1-19-17(20-8-7-14-6-3-9-22-14)21-16-11-15(16)12-4-2-5-13(18)10-12;/h2-6,9-10,15-16H,7-8,11H2,1H3,(H2,19,20,21);1H. The van der Waals surface area contributed by atoms with Crippen LogP contribution in [0.25, 0.3) is 0 Å². The Morgan fingerprint density at radius 1 is 1.35 bits per heavy atom. The quantitative estimate of drug-likeness (QED) is 0.418. The van der Waals surface area contributed by atoms with E-state index in [1.807, 2.05) is 30.3 Å². The zero-order valence-electron chi connectivity index (χ0n) is 13.0. The molecule has 1 saturated carbocycles. The molecule has 124 valence electrons. The molecule has 0 amide bonds. The van der Waals surface area contributed by atoms with Crippen LogP contribution < -0.4 is 10.6 Å². The Morgan fingerprint density at radius 2 is 2.22 bits per heavy atom. The van der Waals surface area contributed by atoms with Gasteiger partial charge in [0.25, 0.3) is 0 Å². The maximum Gasteiger partial charge on any atom is 0.191 e. The van der Waals surface area contributed by atoms with Gasteiger partial charge < -0.3 is 15.1 Å². The normalized spacial score (nSPS) is 19.8. The fourth-order valence-corrected chi connectivity index (χ4v) is 2.79. The number of guanidine groups is 1. The Labute approximate surface area is 158 Å². The van der Waals surface area contributed by atoms with E-state index in [4.69, 9.17) is 16.0 Å². The molecule has 1 aromatic carbocycles. The summed E-state index contributed by atoms with van der Waals surface area (Å²) in [5.41, 5.74) is 1.29. The van der Waals surface area contributed by atoms with Crippen molar-refractivity contribution in [2.45, 2.75) is 24.8 Å². The molecule has 1 aromatic heterocycles. The third-order valence-corrected chi connectivity index (χ3v) is 4.09. The van der Waals surface area contributed by atoms with Crippen LogP contribution in [0.4, 0.5) is 0 Å². The van der Waals surface area contributed by atoms with Gasteiger partial charge >= 0.3 is 0 Å². The summed E-state index contributed by atoms with van der Waals surface area (Å²) in [6.45, 7) is 0.793. The lowest BCUT2D eigenvalue weighted by Crippen LogP contribution is -2.39. The number of aliphatic imine (C=N–C) groups is 1. The van der Waals surface area contributed by atoms with Crippen molar-refractivity contribution < 1.29 is 4.42 Å². The van der Waals surface area contributed by atoms with Crippen molar-refractivity contribution in [1.82, 2.24) is 10.6 Å². The lowest BCUT2D eigenvalue weighted by molar-refractivity contribution is 0.506. The molecule has 2 N–H and O–H groups in total. The van der Waals surface area contributed by atoms with E-state index >= 15 is 0 Å². The number of nitrogens with zero attached hydrogens (tertiary/aromatic N) is 1. The summed E-state index contributed by atoms with van der Waals surface area (Å²) in [4.78, 5) is 4.27. The van der Waals surface area contributed by atoms with E-state index < -0.39 is 0 Å². The smallest absolute Gasteiger partial charge is 0.191 e. The van der Waals surface area contributed by atoms with Gasteiger partial charge in [0.1, 0.15) is 5.76 Å². The predicted octanol–water partition coefficient (Wildman–Crippen LogP) is 3.81. The Morgan fingerprint density at radius 3 is 2.91 bits per heavy atom. The largest absolute Gasteiger partial charge is 0.469 e. The van der Waals surface area contributed by atoms with Gasteiger partial charge in [-0.15, -0.1) is 24.0 Å². The molecule has 0 saturated heterocycles. The third-order valence-electron chi connectivity index (χ3n) is 3.86. The summed E-state index contributed by atoms with van der Waals surface area (Å²) in [5, 5.41) is 7.56. The minimum Gasteiger partial charge on any atom is -0.469 e. The fourth-order valence-electron chi connectivity index (χ4n) is 2.59. The number of hydrogen-bond acceptors (Lipinski definition) is 2. The summed E-state index contributed by atoms with van der Waals surface area (Å²) < 4.78 is 5.32. The maximum atomic E-state index is 6.05. The molecule has 23 heavy (non-hydrogen) atoms. The third kappa shape index (κ3) is 5.14. The fraction of sp³-hybridized carbons (Fsp3) is 0.353. The molecule has 4 nitrogen and oxygen atoms in total. The van der Waals surface area contributed by atoms with Gasteiger partial charge in [-0.05, 0) is 36.2 Å². The first-order valence-corrected chi connectivity index (χ1v) is 7.89. The molecule has 2 unspecified atom stereocenters. The van der Waals surface area contributed by atoms with E-state index in [0.29, 0.717) is 12.0 Å². The van der Waals surface area contributed by atoms with Gasteiger partial charge in [0.05, 0.1) is 6.26 Å². The van der Waals surface area contributed by atoms with E-state index in [2.05, 4.69) is 21.7 Å². The second kappa shape index (κ2) is 8.59.